The van der Waals surface area contributed by atoms with Crippen molar-refractivity contribution in [3.8, 4) is 0 Å². The van der Waals surface area contributed by atoms with Crippen molar-refractivity contribution in [2.24, 2.45) is 32.2 Å². The standard InChI is InChI=1S/2C11H12FN3O2.C9H10N2O2S.C6H15N.C4H8O.C3H9FN2.CH4.ClH.HI/c2*12-8-5-13-11(14-6-8)15-9-3-1-2-7(4-9)10(16)17;1-14-9(10)11-7-4-2-3-6(5-7)8(12)13;1-4-7(5-2)6-3;1-2-4-5-3-1;4-3(1-5)2-6;;;/h2*1-4,8H,5-6H2,(H,16,17)(H2,13,14,15);2-5H,1H3,(H2,10,11)(H,12,13);4-6H2,1-3H3;1-4H2;3H,1-2,5-6H2;1H4;2*1H. The van der Waals surface area contributed by atoms with Crippen LogP contribution in [0.4, 0.5) is 30.2 Å². The maximum atomic E-state index is 12.8. The molecule has 0 amide bonds. The van der Waals surface area contributed by atoms with Crippen LogP contribution in [0.2, 0.25) is 0 Å². The van der Waals surface area contributed by atoms with E-state index in [2.05, 4.69) is 61.9 Å². The smallest absolute Gasteiger partial charge is 0.335 e. The van der Waals surface area contributed by atoms with Crippen LogP contribution in [0.1, 0.15) is 72.1 Å². The highest BCUT2D eigenvalue weighted by Crippen LogP contribution is 2.16. The summed E-state index contributed by atoms with van der Waals surface area (Å²) < 4.78 is 42.1. The number of guanidine groups is 2. The van der Waals surface area contributed by atoms with E-state index < -0.39 is 36.4 Å². The van der Waals surface area contributed by atoms with Gasteiger partial charge in [-0.2, -0.15) is 0 Å². The number of aliphatic imine (C=N–C) groups is 3. The van der Waals surface area contributed by atoms with Crippen molar-refractivity contribution in [3.05, 3.63) is 89.5 Å². The third-order valence-electron chi connectivity index (χ3n) is 8.84. The summed E-state index contributed by atoms with van der Waals surface area (Å²) >= 11 is 1.31. The highest BCUT2D eigenvalue weighted by atomic mass is 127. The van der Waals surface area contributed by atoms with Gasteiger partial charge >= 0.3 is 17.9 Å². The van der Waals surface area contributed by atoms with E-state index in [1.165, 1.54) is 80.6 Å². The molecule has 390 valence electrons. The number of carbonyl (C=O) groups is 3. The quantitative estimate of drug-likeness (QED) is 0.0528. The number of rotatable bonds is 11. The van der Waals surface area contributed by atoms with Gasteiger partial charge in [0, 0.05) is 37.7 Å². The van der Waals surface area contributed by atoms with Gasteiger partial charge in [0.05, 0.1) is 48.6 Å². The second-order valence-electron chi connectivity index (χ2n) is 13.9. The van der Waals surface area contributed by atoms with Crippen LogP contribution in [0.25, 0.3) is 0 Å². The number of alkyl halides is 3. The number of nitrogens with zero attached hydrogens (tertiary/aromatic N) is 4. The van der Waals surface area contributed by atoms with Crippen molar-refractivity contribution in [2.45, 2.75) is 59.6 Å². The summed E-state index contributed by atoms with van der Waals surface area (Å²) in [6.07, 6.45) is 1.42. The molecule has 3 aromatic rings. The lowest BCUT2D eigenvalue weighted by molar-refractivity contribution is 0.0686. The molecule has 18 nitrogen and oxygen atoms in total. The molecule has 69 heavy (non-hydrogen) atoms. The first-order valence-corrected chi connectivity index (χ1v) is 22.4. The summed E-state index contributed by atoms with van der Waals surface area (Å²) in [4.78, 5) is 46.4. The molecule has 0 radical (unpaired) electrons. The molecule has 0 aromatic heterocycles. The van der Waals surface area contributed by atoms with Crippen LogP contribution in [0.5, 0.6) is 0 Å². The lowest BCUT2D eigenvalue weighted by atomic mass is 10.2. The van der Waals surface area contributed by atoms with Crippen molar-refractivity contribution in [1.29, 1.82) is 0 Å². The fraction of sp³-hybridized carbons (Fsp3) is 0.467. The lowest BCUT2D eigenvalue weighted by Crippen LogP contribution is -2.40. The maximum Gasteiger partial charge on any atom is 0.335 e. The minimum Gasteiger partial charge on any atom is -0.478 e. The molecule has 3 aromatic carbocycles. The topological polar surface area (TPSA) is 288 Å². The maximum absolute atomic E-state index is 12.8. The zero-order chi connectivity index (χ0) is 49.3. The molecule has 1 fully saturated rings. The normalized spacial score (nSPS) is 15.4. The average molecular weight is 1130 g/mol. The minimum atomic E-state index is -1.01. The molecule has 24 heteroatoms. The van der Waals surface area contributed by atoms with Gasteiger partial charge in [-0.05, 0) is 93.3 Å². The third kappa shape index (κ3) is 31.8. The van der Waals surface area contributed by atoms with Crippen LogP contribution in [0, 0.1) is 0 Å². The van der Waals surface area contributed by atoms with Crippen LogP contribution in [-0.4, -0.2) is 152 Å². The Morgan fingerprint density at radius 3 is 1.45 bits per heavy atom. The molecule has 2 atom stereocenters. The van der Waals surface area contributed by atoms with Crippen LogP contribution >= 0.6 is 48.1 Å². The molecular formula is C45H72ClF3IN11O7S. The van der Waals surface area contributed by atoms with Crippen molar-refractivity contribution in [2.75, 3.05) is 89.0 Å². The molecular weight excluding hydrogens is 1060 g/mol. The number of anilines is 2. The van der Waals surface area contributed by atoms with Crippen molar-refractivity contribution < 1.29 is 47.6 Å². The van der Waals surface area contributed by atoms with Gasteiger partial charge in [0.1, 0.15) is 18.5 Å². The number of hydrogen-bond acceptors (Lipinski definition) is 15. The second-order valence-corrected chi connectivity index (χ2v) is 14.7. The van der Waals surface area contributed by atoms with E-state index in [0.717, 1.165) is 13.2 Å². The van der Waals surface area contributed by atoms with Gasteiger partial charge in [-0.25, -0.2) is 42.5 Å². The molecule has 0 bridgehead atoms. The Bertz CT molecular complexity index is 1890. The monoisotopic (exact) mass is 1130 g/mol. The van der Waals surface area contributed by atoms with E-state index in [0.29, 0.717) is 34.1 Å². The number of carboxylic acid groups (broad SMARTS) is 3. The Kier molecular flexibility index (Phi) is 40.5. The number of nitrogens with one attached hydrogen (secondary N) is 4. The van der Waals surface area contributed by atoms with Gasteiger partial charge < -0.3 is 63.4 Å². The SMILES string of the molecule is C.C1CCOC1.CCN(CC)CC.CSC(N)=Nc1cccc(C(=O)O)c1.Cl.I.NCC(F)CN.O=C(O)c1cccc(NC2=NCC(F)CN2)c1.O=C(O)c1cccc(NC2=NCC(F)CN2)c1. The highest BCUT2D eigenvalue weighted by Gasteiger charge is 2.15. The van der Waals surface area contributed by atoms with E-state index >= 15 is 0 Å². The zero-order valence-electron chi connectivity index (χ0n) is 38.7. The first-order valence-electron chi connectivity index (χ1n) is 21.2. The van der Waals surface area contributed by atoms with Crippen LogP contribution in [0.15, 0.2) is 87.8 Å². The van der Waals surface area contributed by atoms with Crippen molar-refractivity contribution in [1.82, 2.24) is 15.5 Å². The predicted molar refractivity (Wildman–Crippen MR) is 289 cm³/mol. The zero-order valence-corrected chi connectivity index (χ0v) is 42.7. The van der Waals surface area contributed by atoms with E-state index in [-0.39, 0.29) is 99.8 Å². The number of amidine groups is 1. The Morgan fingerprint density at radius 2 is 1.17 bits per heavy atom. The molecule has 13 N–H and O–H groups in total. The van der Waals surface area contributed by atoms with Gasteiger partial charge in [0.15, 0.2) is 17.1 Å². The van der Waals surface area contributed by atoms with Crippen LogP contribution in [-0.2, 0) is 4.74 Å². The van der Waals surface area contributed by atoms with E-state index in [4.69, 9.17) is 37.3 Å². The minimum absolute atomic E-state index is 0. The first kappa shape index (κ1) is 68.3. The van der Waals surface area contributed by atoms with Crippen molar-refractivity contribution >= 4 is 100 Å². The van der Waals surface area contributed by atoms with Gasteiger partial charge in [0.25, 0.3) is 0 Å². The van der Waals surface area contributed by atoms with Crippen LogP contribution < -0.4 is 38.5 Å². The number of halogens is 5. The van der Waals surface area contributed by atoms with Gasteiger partial charge in [-0.1, -0.05) is 58.2 Å². The number of hydrogen-bond donors (Lipinski definition) is 10. The van der Waals surface area contributed by atoms with Gasteiger partial charge in [-0.3, -0.25) is 0 Å². The molecule has 0 spiro atoms. The third-order valence-corrected chi connectivity index (χ3v) is 9.35. The summed E-state index contributed by atoms with van der Waals surface area (Å²) in [5.74, 6) is -2.03. The number of carboxylic acids is 3. The number of ether oxygens (including phenoxy) is 1. The number of benzene rings is 3. The fourth-order valence-corrected chi connectivity index (χ4v) is 5.29. The fourth-order valence-electron chi connectivity index (χ4n) is 5.10. The molecule has 0 aliphatic carbocycles. The van der Waals surface area contributed by atoms with E-state index in [1.807, 2.05) is 0 Å². The van der Waals surface area contributed by atoms with Crippen molar-refractivity contribution in [3.63, 3.8) is 0 Å². The molecule has 6 rings (SSSR count). The second kappa shape index (κ2) is 40.9. The molecule has 3 aliphatic heterocycles. The summed E-state index contributed by atoms with van der Waals surface area (Å²) in [5, 5.41) is 38.2. The predicted octanol–water partition coefficient (Wildman–Crippen LogP) is 6.94. The van der Waals surface area contributed by atoms with Gasteiger partial charge in [0.2, 0.25) is 0 Å². The molecule has 3 aliphatic rings. The average Bonchev–Trinajstić information content (AvgIpc) is 3.93. The molecule has 3 heterocycles. The largest absolute Gasteiger partial charge is 0.478 e. The number of aromatic carboxylic acids is 3. The Balaban J connectivity index is -0.000000793. The lowest BCUT2D eigenvalue weighted by Gasteiger charge is -2.18. The van der Waals surface area contributed by atoms with E-state index in [1.54, 1.807) is 42.7 Å². The summed E-state index contributed by atoms with van der Waals surface area (Å²) in [6, 6.07) is 19.0. The number of thioether (sulfide) groups is 1. The molecule has 2 unspecified atom stereocenters. The summed E-state index contributed by atoms with van der Waals surface area (Å²) in [6.45, 7) is 12.9. The molecule has 0 saturated carbocycles. The van der Waals surface area contributed by atoms with Crippen LogP contribution in [0.3, 0.4) is 0 Å². The van der Waals surface area contributed by atoms with E-state index in [9.17, 15) is 27.6 Å². The molecule has 1 saturated heterocycles. The Labute approximate surface area is 431 Å². The summed E-state index contributed by atoms with van der Waals surface area (Å²) in [5.41, 5.74) is 17.5. The summed E-state index contributed by atoms with van der Waals surface area (Å²) in [7, 11) is 0. The van der Waals surface area contributed by atoms with Gasteiger partial charge in [-0.15, -0.1) is 36.4 Å². The Hall–Kier alpha value is -4.92. The number of nitrogens with two attached hydrogens (primary N) is 3. The first-order chi connectivity index (χ1) is 31.6. The highest BCUT2D eigenvalue weighted by molar-refractivity contribution is 14.0. The Morgan fingerprint density at radius 1 is 0.783 bits per heavy atom.